The van der Waals surface area contributed by atoms with Crippen LogP contribution in [-0.4, -0.2) is 16.1 Å². The van der Waals surface area contributed by atoms with Gasteiger partial charge in [-0.05, 0) is 72.6 Å². The molecule has 0 spiro atoms. The molecule has 2 aliphatic rings. The molecule has 190 valence electrons. The number of hydrogen-bond acceptors (Lipinski definition) is 3. The summed E-state index contributed by atoms with van der Waals surface area (Å²) >= 11 is 0. The van der Waals surface area contributed by atoms with Crippen LogP contribution >= 0.6 is 0 Å². The summed E-state index contributed by atoms with van der Waals surface area (Å²) < 4.78 is 47.1. The zero-order valence-corrected chi connectivity index (χ0v) is 20.1. The number of carboxylic acid groups (broad SMARTS) is 1. The molecule has 0 amide bonds. The van der Waals surface area contributed by atoms with E-state index >= 15 is 0 Å². The van der Waals surface area contributed by atoms with Gasteiger partial charge in [-0.25, -0.2) is 0 Å². The molecule has 5 nitrogen and oxygen atoms in total. The molecule has 3 aromatic rings. The number of ether oxygens (including phenoxy) is 1. The van der Waals surface area contributed by atoms with Gasteiger partial charge in [0.2, 0.25) is 0 Å². The van der Waals surface area contributed by atoms with E-state index in [1.54, 1.807) is 24.3 Å². The summed E-state index contributed by atoms with van der Waals surface area (Å²) in [7, 11) is 0. The van der Waals surface area contributed by atoms with Gasteiger partial charge in [0.15, 0.2) is 0 Å². The minimum atomic E-state index is -4.38. The van der Waals surface area contributed by atoms with Gasteiger partial charge in [-0.2, -0.15) is 18.4 Å². The Morgan fingerprint density at radius 2 is 1.89 bits per heavy atom. The summed E-state index contributed by atoms with van der Waals surface area (Å²) in [6.45, 7) is 1.48. The monoisotopic (exact) mass is 498 g/mol. The van der Waals surface area contributed by atoms with E-state index in [4.69, 9.17) is 15.1 Å². The number of aryl methyl sites for hydroxylation is 1. The first-order valence-electron chi connectivity index (χ1n) is 12.2. The van der Waals surface area contributed by atoms with Crippen molar-refractivity contribution in [1.82, 2.24) is 4.98 Å². The normalized spacial score (nSPS) is 17.4. The average molecular weight is 499 g/mol. The number of aromatic nitrogens is 1. The van der Waals surface area contributed by atoms with Crippen molar-refractivity contribution in [1.29, 1.82) is 5.26 Å². The molecule has 36 heavy (non-hydrogen) atoms. The Labute approximate surface area is 207 Å². The van der Waals surface area contributed by atoms with Crippen molar-refractivity contribution in [3.63, 3.8) is 0 Å². The number of aliphatic carboxylic acids is 1. The van der Waals surface area contributed by atoms with Crippen molar-refractivity contribution in [2.45, 2.75) is 76.5 Å². The second kappa shape index (κ2) is 10.7. The van der Waals surface area contributed by atoms with Crippen LogP contribution in [0.2, 0.25) is 0 Å². The van der Waals surface area contributed by atoms with E-state index < -0.39 is 17.7 Å². The first kappa shape index (κ1) is 25.6. The summed E-state index contributed by atoms with van der Waals surface area (Å²) in [5.74, 6) is -0.264. The molecular weight excluding hydrogens is 469 g/mol. The number of aromatic amines is 1. The van der Waals surface area contributed by atoms with E-state index in [0.717, 1.165) is 60.7 Å². The first-order valence-corrected chi connectivity index (χ1v) is 12.2. The van der Waals surface area contributed by atoms with Gasteiger partial charge in [-0.1, -0.05) is 25.0 Å². The van der Waals surface area contributed by atoms with Crippen molar-refractivity contribution in [2.24, 2.45) is 0 Å². The lowest BCUT2D eigenvalue weighted by molar-refractivity contribution is -0.139. The molecule has 1 saturated carbocycles. The second-order valence-corrected chi connectivity index (χ2v) is 9.47. The Balaban J connectivity index is 0.000000967. The van der Waals surface area contributed by atoms with E-state index in [-0.39, 0.29) is 24.9 Å². The van der Waals surface area contributed by atoms with Gasteiger partial charge in [0, 0.05) is 29.4 Å². The lowest BCUT2D eigenvalue weighted by atomic mass is 9.91. The topological polar surface area (TPSA) is 86.1 Å². The summed E-state index contributed by atoms with van der Waals surface area (Å²) in [6, 6.07) is 11.9. The molecule has 0 saturated heterocycles. The van der Waals surface area contributed by atoms with E-state index in [9.17, 15) is 18.0 Å². The highest BCUT2D eigenvalue weighted by atomic mass is 19.4. The maximum atomic E-state index is 13.7. The third-order valence-corrected chi connectivity index (χ3v) is 7.11. The van der Waals surface area contributed by atoms with Crippen LogP contribution < -0.4 is 4.74 Å². The molecule has 1 aromatic heterocycles. The Morgan fingerprint density at radius 1 is 1.17 bits per heavy atom. The number of nitrogens with zero attached hydrogens (tertiary/aromatic N) is 1. The molecule has 0 aliphatic heterocycles. The van der Waals surface area contributed by atoms with Crippen LogP contribution in [0.1, 0.15) is 85.2 Å². The summed E-state index contributed by atoms with van der Waals surface area (Å²) in [6.07, 6.45) is 0.897. The van der Waals surface area contributed by atoms with Crippen LogP contribution in [0, 0.1) is 11.3 Å². The molecule has 2 aliphatic carbocycles. The van der Waals surface area contributed by atoms with Crippen molar-refractivity contribution in [2.75, 3.05) is 0 Å². The van der Waals surface area contributed by atoms with Gasteiger partial charge in [-0.3, -0.25) is 4.79 Å². The molecule has 5 rings (SSSR count). The highest BCUT2D eigenvalue weighted by Crippen LogP contribution is 2.43. The van der Waals surface area contributed by atoms with Gasteiger partial charge in [0.05, 0.1) is 18.1 Å². The number of halogens is 3. The van der Waals surface area contributed by atoms with Gasteiger partial charge in [-0.15, -0.1) is 0 Å². The quantitative estimate of drug-likeness (QED) is 0.369. The molecule has 8 heteroatoms. The van der Waals surface area contributed by atoms with E-state index in [1.165, 1.54) is 13.0 Å². The Morgan fingerprint density at radius 3 is 2.56 bits per heavy atom. The zero-order chi connectivity index (χ0) is 25.9. The van der Waals surface area contributed by atoms with Crippen LogP contribution in [-0.2, 0) is 24.0 Å². The van der Waals surface area contributed by atoms with Crippen LogP contribution in [0.25, 0.3) is 10.9 Å². The predicted octanol–water partition coefficient (Wildman–Crippen LogP) is 7.46. The van der Waals surface area contributed by atoms with Crippen molar-refractivity contribution in [3.05, 3.63) is 64.3 Å². The van der Waals surface area contributed by atoms with Gasteiger partial charge in [0.25, 0.3) is 0 Å². The predicted molar refractivity (Wildman–Crippen MR) is 130 cm³/mol. The summed E-state index contributed by atoms with van der Waals surface area (Å²) in [5, 5.41) is 17.4. The summed E-state index contributed by atoms with van der Waals surface area (Å²) in [5.41, 5.74) is 3.36. The second-order valence-electron chi connectivity index (χ2n) is 9.47. The van der Waals surface area contributed by atoms with Gasteiger partial charge in [0.1, 0.15) is 12.4 Å². The largest absolute Gasteiger partial charge is 0.489 e. The van der Waals surface area contributed by atoms with Crippen LogP contribution in [0.5, 0.6) is 5.75 Å². The van der Waals surface area contributed by atoms with Gasteiger partial charge >= 0.3 is 12.1 Å². The molecule has 2 N–H and O–H groups in total. The Bertz CT molecular complexity index is 1280. The smallest absolute Gasteiger partial charge is 0.416 e. The van der Waals surface area contributed by atoms with Crippen molar-refractivity contribution >= 4 is 16.9 Å². The first-order chi connectivity index (χ1) is 17.2. The Hall–Kier alpha value is -3.47. The zero-order valence-electron chi connectivity index (χ0n) is 20.1. The number of nitrogens with one attached hydrogen (secondary N) is 1. The number of alkyl halides is 3. The molecule has 1 fully saturated rings. The minimum absolute atomic E-state index is 0.0142. The van der Waals surface area contributed by atoms with Crippen LogP contribution in [0.15, 0.2) is 36.4 Å². The lowest BCUT2D eigenvalue weighted by Gasteiger charge is -2.19. The third-order valence-electron chi connectivity index (χ3n) is 7.11. The number of fused-ring (bicyclic) bond motifs is 3. The average Bonchev–Trinajstić information content (AvgIpc) is 3.56. The van der Waals surface area contributed by atoms with Crippen molar-refractivity contribution in [3.8, 4) is 11.8 Å². The lowest BCUT2D eigenvalue weighted by Crippen LogP contribution is -2.12. The number of H-pyrrole nitrogens is 1. The molecule has 0 bridgehead atoms. The maximum Gasteiger partial charge on any atom is 0.416 e. The van der Waals surface area contributed by atoms with Crippen molar-refractivity contribution < 1.29 is 27.8 Å². The Kier molecular flexibility index (Phi) is 7.58. The number of carboxylic acids is 1. The highest BCUT2D eigenvalue weighted by Gasteiger charge is 2.36. The maximum absolute atomic E-state index is 13.7. The molecule has 0 radical (unpaired) electrons. The fourth-order valence-corrected chi connectivity index (χ4v) is 5.53. The van der Waals surface area contributed by atoms with Crippen LogP contribution in [0.4, 0.5) is 13.2 Å². The molecular formula is C28H29F3N2O3. The summed E-state index contributed by atoms with van der Waals surface area (Å²) in [4.78, 5) is 14.5. The SMILES string of the molecule is CC#N.O=C(O)C[C@@H]1CCc2c1[nH]c1ccc(OCc3ccc(C4CCCC4)c(C(F)(F)F)c3)cc21. The fraction of sp³-hybridized carbons (Fsp3) is 0.429. The standard InChI is InChI=1S/C26H26F3NO3.C2H3N/c27-26(28,29)22-11-15(5-8-19(22)16-3-1-2-4-16)14-33-18-7-10-23-21(13-18)20-9-6-17(12-24(31)32)25(20)30-23;1-2-3/h5,7-8,10-11,13,16-17,30H,1-4,6,9,12,14H2,(H,31,32);1H3/t17-;/m0./s1. The fourth-order valence-electron chi connectivity index (χ4n) is 5.53. The number of rotatable bonds is 6. The van der Waals surface area contributed by atoms with Crippen LogP contribution in [0.3, 0.4) is 0 Å². The van der Waals surface area contributed by atoms with Gasteiger partial charge < -0.3 is 14.8 Å². The van der Waals surface area contributed by atoms with E-state index in [1.807, 2.05) is 12.1 Å². The number of carbonyl (C=O) groups is 1. The molecule has 1 atom stereocenters. The molecule has 0 unspecified atom stereocenters. The molecule has 1 heterocycles. The van der Waals surface area contributed by atoms with E-state index in [2.05, 4.69) is 4.98 Å². The minimum Gasteiger partial charge on any atom is -0.489 e. The third kappa shape index (κ3) is 5.51. The number of nitriles is 1. The number of hydrogen-bond donors (Lipinski definition) is 2. The highest BCUT2D eigenvalue weighted by molar-refractivity contribution is 5.87. The van der Waals surface area contributed by atoms with E-state index in [0.29, 0.717) is 16.9 Å². The molecule has 2 aromatic carbocycles. The number of benzene rings is 2.